The van der Waals surface area contributed by atoms with Gasteiger partial charge >= 0.3 is 11.9 Å². The first-order chi connectivity index (χ1) is 23.3. The number of carboxylic acid groups (broad SMARTS) is 1. The van der Waals surface area contributed by atoms with Crippen LogP contribution < -0.4 is 10.6 Å². The van der Waals surface area contributed by atoms with Gasteiger partial charge in [-0.1, -0.05) is 107 Å². The van der Waals surface area contributed by atoms with Crippen LogP contribution in [-0.2, 0) is 23.9 Å². The third kappa shape index (κ3) is 29.9. The molecule has 2 unspecified atom stereocenters. The van der Waals surface area contributed by atoms with Gasteiger partial charge in [0.2, 0.25) is 11.8 Å². The Hall–Kier alpha value is -3.46. The third-order valence-electron chi connectivity index (χ3n) is 7.46. The minimum atomic E-state index is -1.39. The summed E-state index contributed by atoms with van der Waals surface area (Å²) in [5, 5.41) is 22.4. The van der Waals surface area contributed by atoms with E-state index in [1.54, 1.807) is 0 Å². The standard InChI is InChI=1S/C39H64N2O7/c1-3-5-7-9-11-12-13-14-15-16-17-18-19-21-27-31-38(45)48-34(28-24-20-10-8-6-4-2)29-25-22-23-26-30-36(43)40-32-37(44)41-35(33-42)39(46)47/h5,7-8,10-12,14-15,24,28,34-35,42H,3-4,6,9,13,16-23,25-27,29-33H2,1-2H3,(H,40,43)(H,41,44)(H,46,47)/b7-5-,10-8-,12-11-,15-14-,28-24-. The number of amides is 2. The summed E-state index contributed by atoms with van der Waals surface area (Å²) >= 11 is 0. The summed E-state index contributed by atoms with van der Waals surface area (Å²) in [5.41, 5.74) is 0. The van der Waals surface area contributed by atoms with Crippen LogP contribution in [-0.4, -0.2) is 59.3 Å². The Balaban J connectivity index is 4.28. The average molecular weight is 673 g/mol. The van der Waals surface area contributed by atoms with E-state index in [0.29, 0.717) is 12.8 Å². The largest absolute Gasteiger partial charge is 0.480 e. The summed E-state index contributed by atoms with van der Waals surface area (Å²) in [7, 11) is 0. The van der Waals surface area contributed by atoms with Gasteiger partial charge in [0.05, 0.1) is 13.2 Å². The molecular formula is C39H64N2O7. The maximum atomic E-state index is 12.6. The highest BCUT2D eigenvalue weighted by molar-refractivity contribution is 5.87. The van der Waals surface area contributed by atoms with Crippen LogP contribution >= 0.6 is 0 Å². The van der Waals surface area contributed by atoms with Gasteiger partial charge in [0.15, 0.2) is 0 Å². The van der Waals surface area contributed by atoms with Gasteiger partial charge in [0, 0.05) is 12.8 Å². The third-order valence-corrected chi connectivity index (χ3v) is 7.46. The van der Waals surface area contributed by atoms with Gasteiger partial charge in [0.1, 0.15) is 12.1 Å². The number of carbonyl (C=O) groups is 4. The van der Waals surface area contributed by atoms with Crippen LogP contribution in [0.2, 0.25) is 0 Å². The summed E-state index contributed by atoms with van der Waals surface area (Å²) in [6.45, 7) is 3.22. The first kappa shape index (κ1) is 44.5. The lowest BCUT2D eigenvalue weighted by molar-refractivity contribution is -0.147. The Bertz CT molecular complexity index is 1000. The molecule has 9 nitrogen and oxygen atoms in total. The zero-order valence-corrected chi connectivity index (χ0v) is 29.7. The van der Waals surface area contributed by atoms with E-state index >= 15 is 0 Å². The molecule has 0 aromatic carbocycles. The summed E-state index contributed by atoms with van der Waals surface area (Å²) in [6, 6.07) is -1.39. The lowest BCUT2D eigenvalue weighted by atomic mass is 10.1. The number of ether oxygens (including phenoxy) is 1. The van der Waals surface area contributed by atoms with Crippen molar-refractivity contribution in [1.82, 2.24) is 10.6 Å². The lowest BCUT2D eigenvalue weighted by Gasteiger charge is -2.15. The number of aliphatic hydroxyl groups excluding tert-OH is 1. The van der Waals surface area contributed by atoms with Gasteiger partial charge in [-0.2, -0.15) is 0 Å². The average Bonchev–Trinajstić information content (AvgIpc) is 3.07. The fourth-order valence-corrected chi connectivity index (χ4v) is 4.68. The van der Waals surface area contributed by atoms with E-state index in [1.165, 1.54) is 12.8 Å². The zero-order valence-electron chi connectivity index (χ0n) is 29.7. The second-order valence-corrected chi connectivity index (χ2v) is 11.9. The summed E-state index contributed by atoms with van der Waals surface area (Å²) in [6.07, 6.45) is 38.5. The van der Waals surface area contributed by atoms with E-state index in [9.17, 15) is 19.2 Å². The number of carboxylic acids is 1. The maximum Gasteiger partial charge on any atom is 0.328 e. The van der Waals surface area contributed by atoms with Crippen molar-refractivity contribution in [1.29, 1.82) is 0 Å². The van der Waals surface area contributed by atoms with Gasteiger partial charge in [-0.15, -0.1) is 0 Å². The van der Waals surface area contributed by atoms with Gasteiger partial charge in [-0.25, -0.2) is 4.79 Å². The Kier molecular flexibility index (Phi) is 31.0. The SMILES string of the molecule is CC/C=C\C/C=C\C/C=C\CCCCCCCC(=O)OC(/C=C\C/C=C\CCC)CCCCCCC(=O)NCC(=O)NC(CO)C(=O)O. The molecule has 2 atom stereocenters. The van der Waals surface area contributed by atoms with Crippen molar-refractivity contribution in [3.05, 3.63) is 60.8 Å². The van der Waals surface area contributed by atoms with Crippen molar-refractivity contribution in [2.75, 3.05) is 13.2 Å². The van der Waals surface area contributed by atoms with Crippen LogP contribution in [0.25, 0.3) is 0 Å². The number of rotatable bonds is 31. The number of esters is 1. The van der Waals surface area contributed by atoms with Gasteiger partial charge in [-0.3, -0.25) is 14.4 Å². The van der Waals surface area contributed by atoms with E-state index in [1.807, 2.05) is 6.08 Å². The van der Waals surface area contributed by atoms with Gasteiger partial charge in [-0.05, 0) is 76.7 Å². The molecule has 0 aliphatic heterocycles. The highest BCUT2D eigenvalue weighted by Gasteiger charge is 2.18. The first-order valence-electron chi connectivity index (χ1n) is 18.2. The summed E-state index contributed by atoms with van der Waals surface area (Å²) < 4.78 is 5.82. The van der Waals surface area contributed by atoms with Crippen LogP contribution in [0, 0.1) is 0 Å². The molecule has 0 saturated heterocycles. The van der Waals surface area contributed by atoms with Gasteiger partial charge < -0.3 is 25.6 Å². The smallest absolute Gasteiger partial charge is 0.328 e. The number of nitrogens with one attached hydrogen (secondary N) is 2. The molecular weight excluding hydrogens is 608 g/mol. The van der Waals surface area contributed by atoms with Crippen molar-refractivity contribution in [2.24, 2.45) is 0 Å². The molecule has 48 heavy (non-hydrogen) atoms. The monoisotopic (exact) mass is 672 g/mol. The number of aliphatic hydroxyl groups is 1. The number of carbonyl (C=O) groups excluding carboxylic acids is 3. The molecule has 0 aliphatic rings. The molecule has 0 heterocycles. The molecule has 0 aromatic heterocycles. The van der Waals surface area contributed by atoms with Crippen LogP contribution in [0.1, 0.15) is 136 Å². The van der Waals surface area contributed by atoms with E-state index < -0.39 is 24.5 Å². The molecule has 0 rings (SSSR count). The quantitative estimate of drug-likeness (QED) is 0.0334. The molecule has 0 spiro atoms. The molecule has 0 saturated carbocycles. The number of aliphatic carboxylic acids is 1. The minimum absolute atomic E-state index is 0.151. The molecule has 0 bridgehead atoms. The van der Waals surface area contributed by atoms with Crippen LogP contribution in [0.15, 0.2) is 60.8 Å². The van der Waals surface area contributed by atoms with Crippen molar-refractivity contribution in [3.63, 3.8) is 0 Å². The maximum absolute atomic E-state index is 12.6. The number of hydrogen-bond donors (Lipinski definition) is 4. The first-order valence-corrected chi connectivity index (χ1v) is 18.2. The molecule has 0 aliphatic carbocycles. The number of allylic oxidation sites excluding steroid dienone is 9. The van der Waals surface area contributed by atoms with Crippen LogP contribution in [0.3, 0.4) is 0 Å². The van der Waals surface area contributed by atoms with Crippen LogP contribution in [0.4, 0.5) is 0 Å². The predicted molar refractivity (Wildman–Crippen MR) is 194 cm³/mol. The molecule has 0 radical (unpaired) electrons. The summed E-state index contributed by atoms with van der Waals surface area (Å²) in [5.74, 6) is -2.46. The van der Waals surface area contributed by atoms with Crippen molar-refractivity contribution in [3.8, 4) is 0 Å². The Morgan fingerprint density at radius 2 is 1.25 bits per heavy atom. The van der Waals surface area contributed by atoms with Crippen molar-refractivity contribution in [2.45, 2.75) is 148 Å². The minimum Gasteiger partial charge on any atom is -0.480 e. The Labute approximate surface area is 290 Å². The molecule has 9 heteroatoms. The Morgan fingerprint density at radius 1 is 0.667 bits per heavy atom. The molecule has 0 aromatic rings. The van der Waals surface area contributed by atoms with Crippen molar-refractivity contribution < 1.29 is 34.1 Å². The molecule has 2 amide bonds. The predicted octanol–water partition coefficient (Wildman–Crippen LogP) is 7.81. The van der Waals surface area contributed by atoms with Crippen LogP contribution in [0.5, 0.6) is 0 Å². The fraction of sp³-hybridized carbons (Fsp3) is 0.641. The van der Waals surface area contributed by atoms with E-state index in [-0.39, 0.29) is 30.9 Å². The van der Waals surface area contributed by atoms with Gasteiger partial charge in [0.25, 0.3) is 0 Å². The zero-order chi connectivity index (χ0) is 35.5. The molecule has 0 fully saturated rings. The Morgan fingerprint density at radius 3 is 1.92 bits per heavy atom. The van der Waals surface area contributed by atoms with E-state index in [0.717, 1.165) is 89.9 Å². The normalized spacial score (nSPS) is 13.2. The second-order valence-electron chi connectivity index (χ2n) is 11.9. The number of hydrogen-bond acceptors (Lipinski definition) is 6. The highest BCUT2D eigenvalue weighted by Crippen LogP contribution is 2.14. The second kappa shape index (κ2) is 33.4. The highest BCUT2D eigenvalue weighted by atomic mass is 16.5. The number of unbranched alkanes of at least 4 members (excludes halogenated alkanes) is 9. The topological polar surface area (TPSA) is 142 Å². The van der Waals surface area contributed by atoms with E-state index in [2.05, 4.69) is 79.2 Å². The van der Waals surface area contributed by atoms with Crippen molar-refractivity contribution >= 4 is 23.8 Å². The van der Waals surface area contributed by atoms with E-state index in [4.69, 9.17) is 14.9 Å². The lowest BCUT2D eigenvalue weighted by Crippen LogP contribution is -2.47. The fourth-order valence-electron chi connectivity index (χ4n) is 4.68. The molecule has 272 valence electrons. The molecule has 4 N–H and O–H groups in total. The summed E-state index contributed by atoms with van der Waals surface area (Å²) in [4.78, 5) is 47.2.